The van der Waals surface area contributed by atoms with Gasteiger partial charge in [-0.15, -0.1) is 0 Å². The van der Waals surface area contributed by atoms with Gasteiger partial charge in [0.15, 0.2) is 0 Å². The van der Waals surface area contributed by atoms with Crippen LogP contribution in [0.4, 0.5) is 11.4 Å². The first-order chi connectivity index (χ1) is 10.0. The summed E-state index contributed by atoms with van der Waals surface area (Å²) in [5.41, 5.74) is 2.51. The number of aryl methyl sites for hydroxylation is 1. The second-order valence-electron chi connectivity index (χ2n) is 4.53. The van der Waals surface area contributed by atoms with E-state index < -0.39 is 5.97 Å². The fourth-order valence-electron chi connectivity index (χ4n) is 2.05. The molecule has 21 heavy (non-hydrogen) atoms. The lowest BCUT2D eigenvalue weighted by atomic mass is 10.1. The highest BCUT2D eigenvalue weighted by Gasteiger charge is 2.09. The molecule has 2 aromatic carbocycles. The van der Waals surface area contributed by atoms with E-state index in [1.165, 1.54) is 0 Å². The van der Waals surface area contributed by atoms with E-state index in [2.05, 4.69) is 5.32 Å². The molecule has 5 nitrogen and oxygen atoms in total. The molecule has 0 saturated heterocycles. The maximum Gasteiger partial charge on any atom is 0.335 e. The predicted octanol–water partition coefficient (Wildman–Crippen LogP) is 3.45. The third-order valence-corrected chi connectivity index (χ3v) is 3.14. The lowest BCUT2D eigenvalue weighted by Gasteiger charge is -2.13. The van der Waals surface area contributed by atoms with Crippen molar-refractivity contribution in [3.8, 4) is 11.5 Å². The summed E-state index contributed by atoms with van der Waals surface area (Å²) in [5.74, 6) is 0.450. The molecule has 0 aliphatic rings. The molecule has 0 radical (unpaired) electrons. The van der Waals surface area contributed by atoms with Gasteiger partial charge in [0.25, 0.3) is 0 Å². The van der Waals surface area contributed by atoms with Gasteiger partial charge in [0.05, 0.1) is 25.5 Å². The standard InChI is InChI=1S/C16H17NO4/c1-10-8-11(4-6-13(10)16(18)19)17-14-9-12(20-2)5-7-15(14)21-3/h4-9,17H,1-3H3,(H,18,19). The van der Waals surface area contributed by atoms with Gasteiger partial charge in [0.2, 0.25) is 0 Å². The second kappa shape index (κ2) is 6.17. The third-order valence-electron chi connectivity index (χ3n) is 3.14. The van der Waals surface area contributed by atoms with Crippen LogP contribution in [0, 0.1) is 6.92 Å². The van der Waals surface area contributed by atoms with Crippen molar-refractivity contribution < 1.29 is 19.4 Å². The number of methoxy groups -OCH3 is 2. The van der Waals surface area contributed by atoms with Crippen molar-refractivity contribution in [2.45, 2.75) is 6.92 Å². The van der Waals surface area contributed by atoms with Gasteiger partial charge in [-0.1, -0.05) is 0 Å². The number of anilines is 2. The van der Waals surface area contributed by atoms with Crippen LogP contribution in [0.2, 0.25) is 0 Å². The van der Waals surface area contributed by atoms with Crippen LogP contribution in [-0.2, 0) is 0 Å². The molecule has 0 heterocycles. The Morgan fingerprint density at radius 1 is 1.10 bits per heavy atom. The highest BCUT2D eigenvalue weighted by molar-refractivity contribution is 5.90. The molecule has 0 spiro atoms. The first-order valence-electron chi connectivity index (χ1n) is 6.38. The minimum atomic E-state index is -0.932. The van der Waals surface area contributed by atoms with Crippen molar-refractivity contribution in [2.24, 2.45) is 0 Å². The van der Waals surface area contributed by atoms with Gasteiger partial charge in [0, 0.05) is 11.8 Å². The summed E-state index contributed by atoms with van der Waals surface area (Å²) in [6.45, 7) is 1.76. The Labute approximate surface area is 123 Å². The largest absolute Gasteiger partial charge is 0.497 e. The Kier molecular flexibility index (Phi) is 4.33. The van der Waals surface area contributed by atoms with Crippen molar-refractivity contribution in [1.82, 2.24) is 0 Å². The smallest absolute Gasteiger partial charge is 0.335 e. The molecule has 5 heteroatoms. The topological polar surface area (TPSA) is 67.8 Å². The lowest BCUT2D eigenvalue weighted by Crippen LogP contribution is -2.01. The van der Waals surface area contributed by atoms with E-state index in [-0.39, 0.29) is 5.56 Å². The average molecular weight is 287 g/mol. The normalized spacial score (nSPS) is 10.0. The number of carboxylic acid groups (broad SMARTS) is 1. The number of benzene rings is 2. The van der Waals surface area contributed by atoms with Crippen molar-refractivity contribution >= 4 is 17.3 Å². The van der Waals surface area contributed by atoms with Crippen LogP contribution in [0.25, 0.3) is 0 Å². The van der Waals surface area contributed by atoms with Crippen LogP contribution in [0.5, 0.6) is 11.5 Å². The molecule has 0 amide bonds. The first kappa shape index (κ1) is 14.7. The van der Waals surface area contributed by atoms with Gasteiger partial charge < -0.3 is 19.9 Å². The molecule has 2 aromatic rings. The van der Waals surface area contributed by atoms with Gasteiger partial charge in [-0.2, -0.15) is 0 Å². The zero-order valence-electron chi connectivity index (χ0n) is 12.1. The summed E-state index contributed by atoms with van der Waals surface area (Å²) in [6.07, 6.45) is 0. The number of aromatic carboxylic acids is 1. The number of nitrogens with one attached hydrogen (secondary N) is 1. The van der Waals surface area contributed by atoms with Crippen molar-refractivity contribution in [1.29, 1.82) is 0 Å². The predicted molar refractivity (Wildman–Crippen MR) is 81.0 cm³/mol. The van der Waals surface area contributed by atoms with Crippen LogP contribution < -0.4 is 14.8 Å². The second-order valence-corrected chi connectivity index (χ2v) is 4.53. The minimum absolute atomic E-state index is 0.290. The zero-order valence-corrected chi connectivity index (χ0v) is 12.1. The molecule has 0 aromatic heterocycles. The Morgan fingerprint density at radius 3 is 2.43 bits per heavy atom. The van der Waals surface area contributed by atoms with E-state index in [0.717, 1.165) is 11.4 Å². The quantitative estimate of drug-likeness (QED) is 0.881. The van der Waals surface area contributed by atoms with Crippen molar-refractivity contribution in [3.05, 3.63) is 47.5 Å². The lowest BCUT2D eigenvalue weighted by molar-refractivity contribution is 0.0696. The van der Waals surface area contributed by atoms with Crippen molar-refractivity contribution in [3.63, 3.8) is 0 Å². The number of rotatable bonds is 5. The SMILES string of the molecule is COc1ccc(OC)c(Nc2ccc(C(=O)O)c(C)c2)c1. The average Bonchev–Trinajstić information content (AvgIpc) is 2.46. The van der Waals surface area contributed by atoms with Crippen LogP contribution in [0.1, 0.15) is 15.9 Å². The molecule has 0 unspecified atom stereocenters. The van der Waals surface area contributed by atoms with E-state index in [1.54, 1.807) is 45.4 Å². The van der Waals surface area contributed by atoms with Crippen LogP contribution in [-0.4, -0.2) is 25.3 Å². The molecule has 2 N–H and O–H groups in total. The van der Waals surface area contributed by atoms with Crippen LogP contribution in [0.3, 0.4) is 0 Å². The Bertz CT molecular complexity index is 667. The molecule has 2 rings (SSSR count). The van der Waals surface area contributed by atoms with E-state index in [0.29, 0.717) is 17.1 Å². The van der Waals surface area contributed by atoms with Crippen molar-refractivity contribution in [2.75, 3.05) is 19.5 Å². The monoisotopic (exact) mass is 287 g/mol. The highest BCUT2D eigenvalue weighted by Crippen LogP contribution is 2.31. The number of hydrogen-bond donors (Lipinski definition) is 2. The molecule has 0 saturated carbocycles. The number of carbonyl (C=O) groups is 1. The van der Waals surface area contributed by atoms with Crippen LogP contribution >= 0.6 is 0 Å². The van der Waals surface area contributed by atoms with Crippen LogP contribution in [0.15, 0.2) is 36.4 Å². The van der Waals surface area contributed by atoms with E-state index >= 15 is 0 Å². The van der Waals surface area contributed by atoms with Gasteiger partial charge >= 0.3 is 5.97 Å². The highest BCUT2D eigenvalue weighted by atomic mass is 16.5. The summed E-state index contributed by atoms with van der Waals surface area (Å²) in [6, 6.07) is 10.5. The molecule has 0 aliphatic carbocycles. The van der Waals surface area contributed by atoms with E-state index in [4.69, 9.17) is 14.6 Å². The number of ether oxygens (including phenoxy) is 2. The van der Waals surface area contributed by atoms with Gasteiger partial charge in [0.1, 0.15) is 11.5 Å². The van der Waals surface area contributed by atoms with Gasteiger partial charge in [-0.05, 0) is 42.8 Å². The summed E-state index contributed by atoms with van der Waals surface area (Å²) in [7, 11) is 3.18. The number of hydrogen-bond acceptors (Lipinski definition) is 4. The molecule has 110 valence electrons. The minimum Gasteiger partial charge on any atom is -0.497 e. The Hall–Kier alpha value is -2.69. The number of carboxylic acids is 1. The summed E-state index contributed by atoms with van der Waals surface area (Å²) in [4.78, 5) is 11.0. The summed E-state index contributed by atoms with van der Waals surface area (Å²) < 4.78 is 10.5. The summed E-state index contributed by atoms with van der Waals surface area (Å²) in [5, 5.41) is 12.2. The molecule has 0 atom stereocenters. The summed E-state index contributed by atoms with van der Waals surface area (Å²) >= 11 is 0. The van der Waals surface area contributed by atoms with E-state index in [1.807, 2.05) is 12.1 Å². The molecule has 0 fully saturated rings. The van der Waals surface area contributed by atoms with E-state index in [9.17, 15) is 4.79 Å². The van der Waals surface area contributed by atoms with Gasteiger partial charge in [-0.3, -0.25) is 0 Å². The third kappa shape index (κ3) is 3.25. The molecule has 0 aliphatic heterocycles. The Morgan fingerprint density at radius 2 is 1.86 bits per heavy atom. The molecular formula is C16H17NO4. The molecular weight excluding hydrogens is 270 g/mol. The fraction of sp³-hybridized carbons (Fsp3) is 0.188. The maximum atomic E-state index is 11.0. The maximum absolute atomic E-state index is 11.0. The Balaban J connectivity index is 2.33. The molecule has 0 bridgehead atoms. The fourth-order valence-corrected chi connectivity index (χ4v) is 2.05. The zero-order chi connectivity index (χ0) is 15.4. The van der Waals surface area contributed by atoms with Gasteiger partial charge in [-0.25, -0.2) is 4.79 Å². The first-order valence-corrected chi connectivity index (χ1v) is 6.38.